The van der Waals surface area contributed by atoms with Crippen molar-refractivity contribution in [1.82, 2.24) is 10.2 Å². The number of hydrogen-bond acceptors (Lipinski definition) is 3. The molecular formula is C9H19N3O. The highest BCUT2D eigenvalue weighted by molar-refractivity contribution is 5.78. The van der Waals surface area contributed by atoms with Crippen LogP contribution in [0.4, 0.5) is 0 Å². The number of rotatable bonds is 2. The van der Waals surface area contributed by atoms with E-state index in [-0.39, 0.29) is 12.5 Å². The normalized spacial score (nSPS) is 25.2. The van der Waals surface area contributed by atoms with Gasteiger partial charge in [-0.05, 0) is 39.4 Å². The predicted octanol–water partition coefficient (Wildman–Crippen LogP) is -0.454. The fourth-order valence-electron chi connectivity index (χ4n) is 1.67. The molecule has 1 heterocycles. The van der Waals surface area contributed by atoms with Crippen LogP contribution in [0.2, 0.25) is 0 Å². The van der Waals surface area contributed by atoms with Crippen LogP contribution in [0, 0.1) is 0 Å². The van der Waals surface area contributed by atoms with Crippen LogP contribution < -0.4 is 11.1 Å². The Labute approximate surface area is 79.5 Å². The van der Waals surface area contributed by atoms with Crippen molar-refractivity contribution >= 4 is 5.91 Å². The number of amides is 1. The van der Waals surface area contributed by atoms with E-state index >= 15 is 0 Å². The van der Waals surface area contributed by atoms with Gasteiger partial charge in [0.25, 0.3) is 0 Å². The van der Waals surface area contributed by atoms with E-state index in [9.17, 15) is 4.79 Å². The van der Waals surface area contributed by atoms with E-state index in [2.05, 4.69) is 17.3 Å². The third kappa shape index (κ3) is 3.74. The summed E-state index contributed by atoms with van der Waals surface area (Å²) in [4.78, 5) is 13.3. The molecule has 13 heavy (non-hydrogen) atoms. The number of nitrogens with one attached hydrogen (secondary N) is 1. The van der Waals surface area contributed by atoms with Crippen LogP contribution in [0.15, 0.2) is 0 Å². The van der Waals surface area contributed by atoms with Crippen molar-refractivity contribution in [2.75, 3.05) is 26.7 Å². The molecule has 0 radical (unpaired) electrons. The quantitative estimate of drug-likeness (QED) is 0.612. The van der Waals surface area contributed by atoms with Crippen molar-refractivity contribution < 1.29 is 4.79 Å². The maximum absolute atomic E-state index is 11.0. The van der Waals surface area contributed by atoms with Crippen LogP contribution in [0.3, 0.4) is 0 Å². The van der Waals surface area contributed by atoms with Crippen LogP contribution in [-0.4, -0.2) is 43.5 Å². The number of likely N-dealkylation sites (tertiary alicyclic amines) is 1. The van der Waals surface area contributed by atoms with E-state index in [1.54, 1.807) is 0 Å². The van der Waals surface area contributed by atoms with Gasteiger partial charge in [-0.2, -0.15) is 0 Å². The molecule has 0 spiro atoms. The maximum Gasteiger partial charge on any atom is 0.233 e. The van der Waals surface area contributed by atoms with Crippen molar-refractivity contribution in [2.24, 2.45) is 5.73 Å². The van der Waals surface area contributed by atoms with Crippen LogP contribution in [0.1, 0.15) is 19.3 Å². The summed E-state index contributed by atoms with van der Waals surface area (Å²) in [6, 6.07) is 0.334. The van der Waals surface area contributed by atoms with E-state index in [0.29, 0.717) is 6.04 Å². The summed E-state index contributed by atoms with van der Waals surface area (Å²) in [5, 5.41) is 2.94. The van der Waals surface area contributed by atoms with Gasteiger partial charge in [0, 0.05) is 6.04 Å². The lowest BCUT2D eigenvalue weighted by Gasteiger charge is -2.15. The molecule has 4 nitrogen and oxygen atoms in total. The average molecular weight is 185 g/mol. The molecule has 1 fully saturated rings. The zero-order valence-electron chi connectivity index (χ0n) is 8.25. The zero-order valence-corrected chi connectivity index (χ0v) is 8.25. The van der Waals surface area contributed by atoms with Gasteiger partial charge in [-0.15, -0.1) is 0 Å². The fraction of sp³-hybridized carbons (Fsp3) is 0.889. The Kier molecular flexibility index (Phi) is 4.18. The predicted molar refractivity (Wildman–Crippen MR) is 52.3 cm³/mol. The molecule has 1 aliphatic heterocycles. The highest BCUT2D eigenvalue weighted by Gasteiger charge is 2.15. The minimum atomic E-state index is -0.0328. The minimum absolute atomic E-state index is 0.0328. The van der Waals surface area contributed by atoms with E-state index in [0.717, 1.165) is 32.4 Å². The van der Waals surface area contributed by atoms with Gasteiger partial charge in [-0.1, -0.05) is 0 Å². The van der Waals surface area contributed by atoms with Crippen molar-refractivity contribution in [1.29, 1.82) is 0 Å². The molecular weight excluding hydrogens is 166 g/mol. The molecule has 0 aromatic carbocycles. The lowest BCUT2D eigenvalue weighted by Crippen LogP contribution is -2.39. The van der Waals surface area contributed by atoms with E-state index in [1.165, 1.54) is 0 Å². The number of carbonyl (C=O) groups is 1. The van der Waals surface area contributed by atoms with Gasteiger partial charge in [0.1, 0.15) is 0 Å². The molecule has 1 saturated heterocycles. The van der Waals surface area contributed by atoms with Crippen LogP contribution >= 0.6 is 0 Å². The first kappa shape index (κ1) is 10.5. The first-order chi connectivity index (χ1) is 6.22. The fourth-order valence-corrected chi connectivity index (χ4v) is 1.67. The molecule has 1 amide bonds. The molecule has 3 N–H and O–H groups in total. The molecule has 1 rings (SSSR count). The van der Waals surface area contributed by atoms with Crippen LogP contribution in [0.5, 0.6) is 0 Å². The zero-order chi connectivity index (χ0) is 9.68. The Bertz CT molecular complexity index is 172. The summed E-state index contributed by atoms with van der Waals surface area (Å²) in [6.07, 6.45) is 3.28. The Morgan fingerprint density at radius 2 is 2.31 bits per heavy atom. The number of nitrogens with zero attached hydrogens (tertiary/aromatic N) is 1. The van der Waals surface area contributed by atoms with Gasteiger partial charge in [0.05, 0.1) is 6.54 Å². The number of carbonyl (C=O) groups excluding carboxylic acids is 1. The Balaban J connectivity index is 2.29. The largest absolute Gasteiger partial charge is 0.352 e. The first-order valence-electron chi connectivity index (χ1n) is 4.90. The second-order valence-electron chi connectivity index (χ2n) is 3.70. The smallest absolute Gasteiger partial charge is 0.233 e. The summed E-state index contributed by atoms with van der Waals surface area (Å²) in [5.74, 6) is -0.0328. The van der Waals surface area contributed by atoms with Crippen LogP contribution in [0.25, 0.3) is 0 Å². The number of nitrogens with two attached hydrogens (primary N) is 1. The lowest BCUT2D eigenvalue weighted by molar-refractivity contribution is -0.120. The molecule has 1 aliphatic rings. The van der Waals surface area contributed by atoms with Gasteiger partial charge in [-0.3, -0.25) is 4.79 Å². The highest BCUT2D eigenvalue weighted by atomic mass is 16.1. The SMILES string of the molecule is CN1CCCC(NC(=O)CN)CC1. The summed E-state index contributed by atoms with van der Waals surface area (Å²) >= 11 is 0. The van der Waals surface area contributed by atoms with Gasteiger partial charge in [-0.25, -0.2) is 0 Å². The first-order valence-corrected chi connectivity index (χ1v) is 4.90. The summed E-state index contributed by atoms with van der Waals surface area (Å²) < 4.78 is 0. The molecule has 0 aromatic rings. The molecule has 4 heteroatoms. The standard InChI is InChI=1S/C9H19N3O/c1-12-5-2-3-8(4-6-12)11-9(13)7-10/h8H,2-7,10H2,1H3,(H,11,13). The van der Waals surface area contributed by atoms with E-state index in [4.69, 9.17) is 5.73 Å². The van der Waals surface area contributed by atoms with Gasteiger partial charge in [0.15, 0.2) is 0 Å². The molecule has 0 saturated carbocycles. The third-order valence-electron chi connectivity index (χ3n) is 2.50. The second-order valence-corrected chi connectivity index (χ2v) is 3.70. The highest BCUT2D eigenvalue weighted by Crippen LogP contribution is 2.08. The average Bonchev–Trinajstić information content (AvgIpc) is 2.31. The van der Waals surface area contributed by atoms with Gasteiger partial charge < -0.3 is 16.0 Å². The van der Waals surface area contributed by atoms with Gasteiger partial charge in [0.2, 0.25) is 5.91 Å². The number of hydrogen-bond donors (Lipinski definition) is 2. The van der Waals surface area contributed by atoms with Crippen molar-refractivity contribution in [3.05, 3.63) is 0 Å². The Hall–Kier alpha value is -0.610. The van der Waals surface area contributed by atoms with E-state index in [1.807, 2.05) is 0 Å². The third-order valence-corrected chi connectivity index (χ3v) is 2.50. The summed E-state index contributed by atoms with van der Waals surface area (Å²) in [6.45, 7) is 2.30. The van der Waals surface area contributed by atoms with Crippen LogP contribution in [-0.2, 0) is 4.79 Å². The van der Waals surface area contributed by atoms with Crippen molar-refractivity contribution in [3.63, 3.8) is 0 Å². The molecule has 0 aliphatic carbocycles. The summed E-state index contributed by atoms with van der Waals surface area (Å²) in [5.41, 5.74) is 5.23. The van der Waals surface area contributed by atoms with Gasteiger partial charge >= 0.3 is 0 Å². The monoisotopic (exact) mass is 185 g/mol. The molecule has 0 aromatic heterocycles. The topological polar surface area (TPSA) is 58.4 Å². The van der Waals surface area contributed by atoms with E-state index < -0.39 is 0 Å². The van der Waals surface area contributed by atoms with Crippen molar-refractivity contribution in [3.8, 4) is 0 Å². The Morgan fingerprint density at radius 1 is 1.54 bits per heavy atom. The molecule has 1 unspecified atom stereocenters. The lowest BCUT2D eigenvalue weighted by atomic mass is 10.1. The van der Waals surface area contributed by atoms with Crippen molar-refractivity contribution in [2.45, 2.75) is 25.3 Å². The maximum atomic E-state index is 11.0. The second kappa shape index (κ2) is 5.19. The summed E-state index contributed by atoms with van der Waals surface area (Å²) in [7, 11) is 2.12. The molecule has 76 valence electrons. The minimum Gasteiger partial charge on any atom is -0.352 e. The molecule has 0 bridgehead atoms. The molecule has 1 atom stereocenters. The Morgan fingerprint density at radius 3 is 3.00 bits per heavy atom.